The summed E-state index contributed by atoms with van der Waals surface area (Å²) in [5, 5.41) is 0. The predicted molar refractivity (Wildman–Crippen MR) is 74.1 cm³/mol. The first-order valence-electron chi connectivity index (χ1n) is 6.68. The summed E-state index contributed by atoms with van der Waals surface area (Å²) >= 11 is 0. The molecule has 2 aromatic rings. The molecule has 1 atom stereocenters. The maximum absolute atomic E-state index is 12.9. The van der Waals surface area contributed by atoms with Crippen molar-refractivity contribution >= 4 is 5.82 Å². The molecule has 5 heteroatoms. The lowest BCUT2D eigenvalue weighted by atomic mass is 10.1. The van der Waals surface area contributed by atoms with Crippen LogP contribution in [-0.2, 0) is 11.2 Å². The van der Waals surface area contributed by atoms with Crippen molar-refractivity contribution in [1.82, 2.24) is 9.97 Å². The molecule has 0 saturated carbocycles. The van der Waals surface area contributed by atoms with Crippen molar-refractivity contribution in [3.63, 3.8) is 0 Å². The Labute approximate surface area is 117 Å². The highest BCUT2D eigenvalue weighted by Crippen LogP contribution is 2.16. The predicted octanol–water partition coefficient (Wildman–Crippen LogP) is 2.06. The Kier molecular flexibility index (Phi) is 3.87. The Hall–Kier alpha value is -2.01. The Bertz CT molecular complexity index is 547. The molecule has 20 heavy (non-hydrogen) atoms. The smallest absolute Gasteiger partial charge is 0.147 e. The SMILES string of the molecule is Fc1ccc(C[C@@H]2CN(c3cnccn3)CCO2)cc1. The molecule has 1 aromatic carbocycles. The first-order valence-corrected chi connectivity index (χ1v) is 6.68. The Morgan fingerprint density at radius 2 is 2.10 bits per heavy atom. The van der Waals surface area contributed by atoms with Crippen LogP contribution in [0.15, 0.2) is 42.9 Å². The van der Waals surface area contributed by atoms with Crippen molar-refractivity contribution in [2.24, 2.45) is 0 Å². The Morgan fingerprint density at radius 1 is 1.25 bits per heavy atom. The van der Waals surface area contributed by atoms with Crippen LogP contribution in [0.4, 0.5) is 10.2 Å². The normalized spacial score (nSPS) is 19.1. The molecule has 1 aliphatic heterocycles. The number of aromatic nitrogens is 2. The average molecular weight is 273 g/mol. The van der Waals surface area contributed by atoms with Gasteiger partial charge in [0, 0.05) is 31.9 Å². The zero-order valence-corrected chi connectivity index (χ0v) is 11.1. The van der Waals surface area contributed by atoms with Gasteiger partial charge in [-0.2, -0.15) is 0 Å². The van der Waals surface area contributed by atoms with Gasteiger partial charge >= 0.3 is 0 Å². The van der Waals surface area contributed by atoms with Gasteiger partial charge in [-0.3, -0.25) is 4.98 Å². The van der Waals surface area contributed by atoms with Crippen LogP contribution in [0, 0.1) is 5.82 Å². The van der Waals surface area contributed by atoms with Gasteiger partial charge in [0.1, 0.15) is 11.6 Å². The molecule has 2 heterocycles. The Morgan fingerprint density at radius 3 is 2.85 bits per heavy atom. The number of rotatable bonds is 3. The van der Waals surface area contributed by atoms with Gasteiger partial charge < -0.3 is 9.64 Å². The standard InChI is InChI=1S/C15H16FN3O/c16-13-3-1-12(2-4-13)9-14-11-19(7-8-20-14)15-10-17-5-6-18-15/h1-6,10,14H,7-9,11H2/t14-/m1/s1. The van der Waals surface area contributed by atoms with E-state index in [1.54, 1.807) is 30.7 Å². The van der Waals surface area contributed by atoms with Crippen LogP contribution >= 0.6 is 0 Å². The van der Waals surface area contributed by atoms with Crippen molar-refractivity contribution in [3.8, 4) is 0 Å². The van der Waals surface area contributed by atoms with Crippen LogP contribution in [0.25, 0.3) is 0 Å². The second-order valence-electron chi connectivity index (χ2n) is 4.83. The highest BCUT2D eigenvalue weighted by molar-refractivity contribution is 5.35. The van der Waals surface area contributed by atoms with E-state index in [1.165, 1.54) is 12.1 Å². The number of halogens is 1. The number of ether oxygens (including phenoxy) is 1. The molecule has 0 bridgehead atoms. The van der Waals surface area contributed by atoms with E-state index in [2.05, 4.69) is 14.9 Å². The molecule has 0 unspecified atom stereocenters. The van der Waals surface area contributed by atoms with Crippen LogP contribution in [0.2, 0.25) is 0 Å². The van der Waals surface area contributed by atoms with Gasteiger partial charge in [0.2, 0.25) is 0 Å². The van der Waals surface area contributed by atoms with Gasteiger partial charge in [-0.1, -0.05) is 12.1 Å². The third-order valence-corrected chi connectivity index (χ3v) is 3.39. The minimum Gasteiger partial charge on any atom is -0.374 e. The van der Waals surface area contributed by atoms with Gasteiger partial charge in [-0.05, 0) is 17.7 Å². The summed E-state index contributed by atoms with van der Waals surface area (Å²) in [5.74, 6) is 0.666. The molecule has 1 aromatic heterocycles. The molecule has 0 radical (unpaired) electrons. The van der Waals surface area contributed by atoms with Gasteiger partial charge in [0.15, 0.2) is 0 Å². The minimum atomic E-state index is -0.209. The maximum Gasteiger partial charge on any atom is 0.147 e. The third kappa shape index (κ3) is 3.11. The number of anilines is 1. The average Bonchev–Trinajstić information content (AvgIpc) is 2.51. The summed E-state index contributed by atoms with van der Waals surface area (Å²) in [6, 6.07) is 6.58. The largest absolute Gasteiger partial charge is 0.374 e. The van der Waals surface area contributed by atoms with E-state index in [0.717, 1.165) is 30.9 Å². The van der Waals surface area contributed by atoms with E-state index in [0.29, 0.717) is 6.61 Å². The van der Waals surface area contributed by atoms with E-state index in [9.17, 15) is 4.39 Å². The van der Waals surface area contributed by atoms with E-state index >= 15 is 0 Å². The molecule has 1 saturated heterocycles. The molecule has 1 fully saturated rings. The van der Waals surface area contributed by atoms with Gasteiger partial charge in [-0.25, -0.2) is 9.37 Å². The Balaban J connectivity index is 1.65. The highest BCUT2D eigenvalue weighted by atomic mass is 19.1. The van der Waals surface area contributed by atoms with E-state index in [-0.39, 0.29) is 11.9 Å². The fourth-order valence-electron chi connectivity index (χ4n) is 2.39. The summed E-state index contributed by atoms with van der Waals surface area (Å²) in [6.07, 6.45) is 5.99. The quantitative estimate of drug-likeness (QED) is 0.858. The lowest BCUT2D eigenvalue weighted by Gasteiger charge is -2.33. The maximum atomic E-state index is 12.9. The molecular formula is C15H16FN3O. The van der Waals surface area contributed by atoms with E-state index in [1.807, 2.05) is 0 Å². The molecule has 1 aliphatic rings. The summed E-state index contributed by atoms with van der Waals surface area (Å²) in [7, 11) is 0. The van der Waals surface area contributed by atoms with Crippen molar-refractivity contribution < 1.29 is 9.13 Å². The monoisotopic (exact) mass is 273 g/mol. The highest BCUT2D eigenvalue weighted by Gasteiger charge is 2.21. The van der Waals surface area contributed by atoms with Crippen LogP contribution in [0.1, 0.15) is 5.56 Å². The zero-order chi connectivity index (χ0) is 13.8. The van der Waals surface area contributed by atoms with Crippen molar-refractivity contribution in [3.05, 3.63) is 54.2 Å². The van der Waals surface area contributed by atoms with Crippen LogP contribution in [-0.4, -0.2) is 35.8 Å². The van der Waals surface area contributed by atoms with Crippen LogP contribution < -0.4 is 4.90 Å². The summed E-state index contributed by atoms with van der Waals surface area (Å²) < 4.78 is 18.7. The van der Waals surface area contributed by atoms with Gasteiger partial charge in [-0.15, -0.1) is 0 Å². The first-order chi connectivity index (χ1) is 9.81. The third-order valence-electron chi connectivity index (χ3n) is 3.39. The van der Waals surface area contributed by atoms with Crippen molar-refractivity contribution in [2.75, 3.05) is 24.6 Å². The molecule has 0 N–H and O–H groups in total. The molecule has 3 rings (SSSR count). The minimum absolute atomic E-state index is 0.0937. The number of morpholine rings is 1. The molecule has 0 amide bonds. The topological polar surface area (TPSA) is 38.2 Å². The lowest BCUT2D eigenvalue weighted by molar-refractivity contribution is 0.0408. The number of hydrogen-bond donors (Lipinski definition) is 0. The fourth-order valence-corrected chi connectivity index (χ4v) is 2.39. The number of nitrogens with zero attached hydrogens (tertiary/aromatic N) is 3. The summed E-state index contributed by atoms with van der Waals surface area (Å²) in [6.45, 7) is 2.26. The molecular weight excluding hydrogens is 257 g/mol. The van der Waals surface area contributed by atoms with Crippen LogP contribution in [0.5, 0.6) is 0 Å². The zero-order valence-electron chi connectivity index (χ0n) is 11.1. The second-order valence-corrected chi connectivity index (χ2v) is 4.83. The summed E-state index contributed by atoms with van der Waals surface area (Å²) in [5.41, 5.74) is 1.08. The van der Waals surface area contributed by atoms with E-state index in [4.69, 9.17) is 4.74 Å². The molecule has 104 valence electrons. The van der Waals surface area contributed by atoms with Crippen molar-refractivity contribution in [2.45, 2.75) is 12.5 Å². The second kappa shape index (κ2) is 5.96. The number of benzene rings is 1. The van der Waals surface area contributed by atoms with Crippen molar-refractivity contribution in [1.29, 1.82) is 0 Å². The lowest BCUT2D eigenvalue weighted by Crippen LogP contribution is -2.43. The summed E-state index contributed by atoms with van der Waals surface area (Å²) in [4.78, 5) is 10.6. The first kappa shape index (κ1) is 13.0. The van der Waals surface area contributed by atoms with Gasteiger partial charge in [0.05, 0.1) is 18.9 Å². The van der Waals surface area contributed by atoms with Gasteiger partial charge in [0.25, 0.3) is 0 Å². The molecule has 0 aliphatic carbocycles. The molecule has 4 nitrogen and oxygen atoms in total. The fraction of sp³-hybridized carbons (Fsp3) is 0.333. The number of hydrogen-bond acceptors (Lipinski definition) is 4. The van der Waals surface area contributed by atoms with Crippen LogP contribution in [0.3, 0.4) is 0 Å². The molecule has 0 spiro atoms. The van der Waals surface area contributed by atoms with E-state index < -0.39 is 0 Å².